The molecule has 0 bridgehead atoms. The van der Waals surface area contributed by atoms with Gasteiger partial charge < -0.3 is 10.2 Å². The Hall–Kier alpha value is -2.00. The first-order valence-electron chi connectivity index (χ1n) is 7.24. The maximum atomic E-state index is 5.97. The Balaban J connectivity index is 1.91. The molecule has 0 amide bonds. The monoisotopic (exact) mass is 268 g/mol. The second kappa shape index (κ2) is 5.97. The van der Waals surface area contributed by atoms with Crippen LogP contribution in [-0.4, -0.2) is 24.4 Å². The van der Waals surface area contributed by atoms with E-state index in [0.717, 1.165) is 30.5 Å². The third-order valence-corrected chi connectivity index (χ3v) is 3.46. The van der Waals surface area contributed by atoms with E-state index in [1.807, 2.05) is 4.73 Å². The van der Waals surface area contributed by atoms with E-state index in [9.17, 15) is 0 Å². The van der Waals surface area contributed by atoms with Crippen LogP contribution in [0, 0.1) is 0 Å². The van der Waals surface area contributed by atoms with Crippen LogP contribution in [0.1, 0.15) is 13.3 Å². The third-order valence-electron chi connectivity index (χ3n) is 3.46. The predicted octanol–water partition coefficient (Wildman–Crippen LogP) is 3.22. The summed E-state index contributed by atoms with van der Waals surface area (Å²) in [6.45, 7) is 4.74. The van der Waals surface area contributed by atoms with Crippen LogP contribution in [-0.2, 0) is 0 Å². The van der Waals surface area contributed by atoms with E-state index in [1.165, 1.54) is 10.8 Å². The van der Waals surface area contributed by atoms with Crippen molar-refractivity contribution in [3.05, 3.63) is 48.5 Å². The topological polar surface area (TPSA) is 26.2 Å². The van der Waals surface area contributed by atoms with Gasteiger partial charge in [0, 0.05) is 17.3 Å². The van der Waals surface area contributed by atoms with E-state index in [2.05, 4.69) is 60.8 Å². The molecule has 2 aromatic carbocycles. The Morgan fingerprint density at radius 2 is 1.50 bits per heavy atom. The molecule has 0 saturated heterocycles. The number of aromatic nitrogens is 1. The van der Waals surface area contributed by atoms with Gasteiger partial charge in [-0.1, -0.05) is 43.3 Å². The summed E-state index contributed by atoms with van der Waals surface area (Å²) in [4.78, 5) is 5.97. The zero-order chi connectivity index (χ0) is 13.8. The van der Waals surface area contributed by atoms with Crippen LogP contribution < -0.4 is 10.2 Å². The summed E-state index contributed by atoms with van der Waals surface area (Å²) < 4.78 is 1.96. The first kappa shape index (κ1) is 13.0. The molecule has 20 heavy (non-hydrogen) atoms. The number of hydrogen-bond donors (Lipinski definition) is 1. The quantitative estimate of drug-likeness (QED) is 0.695. The number of hydrogen-bond acceptors (Lipinski definition) is 2. The largest absolute Gasteiger partial charge is 0.412 e. The fourth-order valence-electron chi connectivity index (χ4n) is 2.54. The molecular weight excluding hydrogens is 248 g/mol. The molecule has 0 aliphatic carbocycles. The van der Waals surface area contributed by atoms with Crippen molar-refractivity contribution in [1.29, 1.82) is 0 Å². The third kappa shape index (κ3) is 2.37. The molecule has 1 N–H and O–H groups in total. The van der Waals surface area contributed by atoms with Crippen molar-refractivity contribution in [2.45, 2.75) is 13.3 Å². The van der Waals surface area contributed by atoms with E-state index < -0.39 is 0 Å². The molecule has 104 valence electrons. The van der Waals surface area contributed by atoms with Gasteiger partial charge in [0.15, 0.2) is 0 Å². The van der Waals surface area contributed by atoms with Crippen molar-refractivity contribution in [2.75, 3.05) is 19.7 Å². The fourth-order valence-corrected chi connectivity index (χ4v) is 2.54. The van der Waals surface area contributed by atoms with Crippen molar-refractivity contribution in [1.82, 2.24) is 10.0 Å². The minimum absolute atomic E-state index is 0.669. The van der Waals surface area contributed by atoms with Gasteiger partial charge in [-0.15, -0.1) is 0 Å². The summed E-state index contributed by atoms with van der Waals surface area (Å²) in [6.07, 6.45) is 1.15. The summed E-state index contributed by atoms with van der Waals surface area (Å²) in [7, 11) is 0. The first-order valence-corrected chi connectivity index (χ1v) is 7.24. The molecule has 1 aromatic heterocycles. The average molecular weight is 268 g/mol. The van der Waals surface area contributed by atoms with E-state index in [0.29, 0.717) is 6.61 Å². The van der Waals surface area contributed by atoms with Crippen LogP contribution >= 0.6 is 0 Å². The molecule has 0 saturated carbocycles. The highest BCUT2D eigenvalue weighted by molar-refractivity contribution is 6.07. The molecule has 1 heterocycles. The van der Waals surface area contributed by atoms with Gasteiger partial charge >= 0.3 is 0 Å². The Morgan fingerprint density at radius 3 is 2.10 bits per heavy atom. The van der Waals surface area contributed by atoms with Crippen molar-refractivity contribution >= 4 is 21.8 Å². The predicted molar refractivity (Wildman–Crippen MR) is 84.1 cm³/mol. The molecule has 0 radical (unpaired) electrons. The zero-order valence-corrected chi connectivity index (χ0v) is 11.8. The lowest BCUT2D eigenvalue weighted by Crippen LogP contribution is -2.25. The van der Waals surface area contributed by atoms with Crippen LogP contribution in [0.25, 0.3) is 21.8 Å². The number of nitrogens with one attached hydrogen (secondary N) is 1. The molecule has 3 rings (SSSR count). The Kier molecular flexibility index (Phi) is 3.88. The smallest absolute Gasteiger partial charge is 0.127 e. The van der Waals surface area contributed by atoms with Gasteiger partial charge in [0.25, 0.3) is 0 Å². The standard InChI is InChI=1S/C17H20N2O/c1-2-11-18-12-13-20-19-16-9-5-3-7-14(16)15-8-4-6-10-17(15)19/h3-10,18H,2,11-13H2,1H3. The molecule has 0 atom stereocenters. The van der Waals surface area contributed by atoms with Crippen molar-refractivity contribution in [3.8, 4) is 0 Å². The fraction of sp³-hybridized carbons (Fsp3) is 0.294. The lowest BCUT2D eigenvalue weighted by molar-refractivity contribution is 0.131. The Bertz CT molecular complexity index is 649. The van der Waals surface area contributed by atoms with E-state index in [-0.39, 0.29) is 0 Å². The minimum Gasteiger partial charge on any atom is -0.412 e. The summed E-state index contributed by atoms with van der Waals surface area (Å²) >= 11 is 0. The molecule has 3 heteroatoms. The van der Waals surface area contributed by atoms with Gasteiger partial charge in [-0.3, -0.25) is 0 Å². The van der Waals surface area contributed by atoms with Crippen molar-refractivity contribution < 1.29 is 4.84 Å². The van der Waals surface area contributed by atoms with Crippen LogP contribution in [0.5, 0.6) is 0 Å². The number of fused-ring (bicyclic) bond motifs is 3. The Labute approximate surface area is 119 Å². The average Bonchev–Trinajstić information content (AvgIpc) is 2.82. The molecule has 0 aliphatic heterocycles. The van der Waals surface area contributed by atoms with Gasteiger partial charge in [0.05, 0.1) is 11.0 Å². The number of benzene rings is 2. The number of para-hydroxylation sites is 2. The molecule has 3 aromatic rings. The lowest BCUT2D eigenvalue weighted by atomic mass is 10.2. The molecule has 0 aliphatic rings. The highest BCUT2D eigenvalue weighted by Gasteiger charge is 2.09. The van der Waals surface area contributed by atoms with Crippen molar-refractivity contribution in [3.63, 3.8) is 0 Å². The molecule has 3 nitrogen and oxygen atoms in total. The zero-order valence-electron chi connectivity index (χ0n) is 11.8. The van der Waals surface area contributed by atoms with Gasteiger partial charge in [0.1, 0.15) is 6.61 Å². The van der Waals surface area contributed by atoms with Crippen LogP contribution in [0.3, 0.4) is 0 Å². The van der Waals surface area contributed by atoms with Gasteiger partial charge in [-0.05, 0) is 25.1 Å². The van der Waals surface area contributed by atoms with E-state index >= 15 is 0 Å². The van der Waals surface area contributed by atoms with Gasteiger partial charge in [-0.25, -0.2) is 0 Å². The molecule has 0 fully saturated rings. The van der Waals surface area contributed by atoms with Gasteiger partial charge in [0.2, 0.25) is 0 Å². The second-order valence-corrected chi connectivity index (χ2v) is 4.91. The first-order chi connectivity index (χ1) is 9.92. The maximum Gasteiger partial charge on any atom is 0.127 e. The van der Waals surface area contributed by atoms with E-state index in [1.54, 1.807) is 0 Å². The summed E-state index contributed by atoms with van der Waals surface area (Å²) in [5, 5.41) is 5.84. The molecule has 0 spiro atoms. The normalized spacial score (nSPS) is 11.2. The lowest BCUT2D eigenvalue weighted by Gasteiger charge is -2.10. The second-order valence-electron chi connectivity index (χ2n) is 4.91. The summed E-state index contributed by atoms with van der Waals surface area (Å²) in [5.74, 6) is 0. The minimum atomic E-state index is 0.669. The highest BCUT2D eigenvalue weighted by Crippen LogP contribution is 2.27. The Morgan fingerprint density at radius 1 is 0.900 bits per heavy atom. The SMILES string of the molecule is CCCNCCOn1c2ccccc2c2ccccc21. The maximum absolute atomic E-state index is 5.97. The van der Waals surface area contributed by atoms with E-state index in [4.69, 9.17) is 4.84 Å². The molecule has 0 unspecified atom stereocenters. The van der Waals surface area contributed by atoms with Crippen LogP contribution in [0.4, 0.5) is 0 Å². The van der Waals surface area contributed by atoms with Crippen LogP contribution in [0.2, 0.25) is 0 Å². The van der Waals surface area contributed by atoms with Crippen LogP contribution in [0.15, 0.2) is 48.5 Å². The van der Waals surface area contributed by atoms with Gasteiger partial charge in [-0.2, -0.15) is 4.73 Å². The number of nitrogens with zero attached hydrogens (tertiary/aromatic N) is 1. The van der Waals surface area contributed by atoms with Crippen molar-refractivity contribution in [2.24, 2.45) is 0 Å². The highest BCUT2D eigenvalue weighted by atomic mass is 16.7. The summed E-state index contributed by atoms with van der Waals surface area (Å²) in [6, 6.07) is 16.7. The summed E-state index contributed by atoms with van der Waals surface area (Å²) in [5.41, 5.74) is 2.26. The molecular formula is C17H20N2O. The number of rotatable bonds is 6.